The van der Waals surface area contributed by atoms with E-state index in [2.05, 4.69) is 5.32 Å². The summed E-state index contributed by atoms with van der Waals surface area (Å²) in [5, 5.41) is 12.7. The number of likely N-dealkylation sites (tertiary alicyclic amines) is 1. The third-order valence-corrected chi connectivity index (χ3v) is 3.69. The van der Waals surface area contributed by atoms with Crippen LogP contribution in [0.5, 0.6) is 0 Å². The van der Waals surface area contributed by atoms with Gasteiger partial charge in [0.05, 0.1) is 25.3 Å². The van der Waals surface area contributed by atoms with Crippen LogP contribution in [0.4, 0.5) is 10.1 Å². The van der Waals surface area contributed by atoms with Crippen LogP contribution >= 0.6 is 0 Å². The van der Waals surface area contributed by atoms with Crippen molar-refractivity contribution in [1.82, 2.24) is 10.2 Å². The Morgan fingerprint density at radius 2 is 2.05 bits per heavy atom. The number of nitrogens with one attached hydrogen (secondary N) is 1. The minimum Gasteiger partial charge on any atom is -0.384 e. The first-order valence-corrected chi connectivity index (χ1v) is 6.95. The Morgan fingerprint density at radius 1 is 1.41 bits per heavy atom. The van der Waals surface area contributed by atoms with E-state index in [4.69, 9.17) is 0 Å². The topological polar surface area (TPSA) is 72.9 Å². The zero-order valence-corrected chi connectivity index (χ0v) is 12.9. The summed E-state index contributed by atoms with van der Waals surface area (Å²) >= 11 is 0. The van der Waals surface area contributed by atoms with E-state index >= 15 is 0 Å². The standard InChI is InChI=1S/C15H20FN3O3/c1-10(20)19-8-15(22,9-19)7-17-14(21)11-4-5-13(18(2)3)12(16)6-11/h4-6,22H,7-9H2,1-3H3,(H,17,21). The van der Waals surface area contributed by atoms with Gasteiger partial charge in [-0.05, 0) is 18.2 Å². The number of aliphatic hydroxyl groups is 1. The molecule has 0 aliphatic carbocycles. The zero-order valence-electron chi connectivity index (χ0n) is 12.9. The fraction of sp³-hybridized carbons (Fsp3) is 0.467. The molecule has 7 heteroatoms. The van der Waals surface area contributed by atoms with Crippen LogP contribution in [0.15, 0.2) is 18.2 Å². The molecule has 2 rings (SSSR count). The summed E-state index contributed by atoms with van der Waals surface area (Å²) in [4.78, 5) is 26.2. The summed E-state index contributed by atoms with van der Waals surface area (Å²) in [5.41, 5.74) is -0.524. The molecule has 1 aromatic carbocycles. The molecule has 2 N–H and O–H groups in total. The molecule has 2 amide bonds. The minimum absolute atomic E-state index is 0.0205. The highest BCUT2D eigenvalue weighted by molar-refractivity contribution is 5.94. The number of carbonyl (C=O) groups excluding carboxylic acids is 2. The molecule has 1 aliphatic heterocycles. The van der Waals surface area contributed by atoms with E-state index in [1.807, 2.05) is 0 Å². The van der Waals surface area contributed by atoms with Crippen molar-refractivity contribution in [3.05, 3.63) is 29.6 Å². The molecular formula is C15H20FN3O3. The molecule has 22 heavy (non-hydrogen) atoms. The summed E-state index contributed by atoms with van der Waals surface area (Å²) in [6, 6.07) is 4.22. The molecule has 0 radical (unpaired) electrons. The van der Waals surface area contributed by atoms with Gasteiger partial charge in [0.2, 0.25) is 5.91 Å². The fourth-order valence-electron chi connectivity index (χ4n) is 2.36. The molecule has 1 aromatic rings. The maximum absolute atomic E-state index is 13.8. The number of carbonyl (C=O) groups is 2. The molecule has 120 valence electrons. The molecule has 0 unspecified atom stereocenters. The number of hydrogen-bond acceptors (Lipinski definition) is 4. The largest absolute Gasteiger partial charge is 0.384 e. The SMILES string of the molecule is CC(=O)N1CC(O)(CNC(=O)c2ccc(N(C)C)c(F)c2)C1. The lowest BCUT2D eigenvalue weighted by Gasteiger charge is -2.46. The quantitative estimate of drug-likeness (QED) is 0.834. The normalized spacial score (nSPS) is 16.0. The van der Waals surface area contributed by atoms with Crippen LogP contribution in [-0.4, -0.2) is 61.2 Å². The van der Waals surface area contributed by atoms with Gasteiger partial charge in [0, 0.05) is 26.6 Å². The van der Waals surface area contributed by atoms with Crippen LogP contribution in [0.3, 0.4) is 0 Å². The van der Waals surface area contributed by atoms with Crippen molar-refractivity contribution in [3.8, 4) is 0 Å². The van der Waals surface area contributed by atoms with Crippen molar-refractivity contribution < 1.29 is 19.1 Å². The van der Waals surface area contributed by atoms with Gasteiger partial charge in [0.25, 0.3) is 5.91 Å². The number of rotatable bonds is 4. The van der Waals surface area contributed by atoms with E-state index in [0.29, 0.717) is 5.69 Å². The molecule has 1 fully saturated rings. The van der Waals surface area contributed by atoms with Crippen molar-refractivity contribution >= 4 is 17.5 Å². The first-order chi connectivity index (χ1) is 10.2. The summed E-state index contributed by atoms with van der Waals surface area (Å²) in [7, 11) is 3.43. The van der Waals surface area contributed by atoms with Crippen molar-refractivity contribution in [2.45, 2.75) is 12.5 Å². The van der Waals surface area contributed by atoms with Crippen LogP contribution in [-0.2, 0) is 4.79 Å². The molecule has 0 spiro atoms. The number of halogens is 1. The summed E-state index contributed by atoms with van der Waals surface area (Å²) in [5.74, 6) is -1.06. The highest BCUT2D eigenvalue weighted by Gasteiger charge is 2.42. The first-order valence-electron chi connectivity index (χ1n) is 6.95. The predicted octanol–water partition coefficient (Wildman–Crippen LogP) is 0.215. The molecule has 1 aliphatic rings. The van der Waals surface area contributed by atoms with Gasteiger partial charge in [-0.2, -0.15) is 0 Å². The summed E-state index contributed by atoms with van der Waals surface area (Å²) in [6.07, 6.45) is 0. The number of benzene rings is 1. The molecule has 0 atom stereocenters. The number of amides is 2. The van der Waals surface area contributed by atoms with E-state index < -0.39 is 17.3 Å². The number of anilines is 1. The Hall–Kier alpha value is -2.15. The summed E-state index contributed by atoms with van der Waals surface area (Å²) in [6.45, 7) is 1.83. The lowest BCUT2D eigenvalue weighted by Crippen LogP contribution is -2.67. The highest BCUT2D eigenvalue weighted by atomic mass is 19.1. The lowest BCUT2D eigenvalue weighted by atomic mass is 9.94. The average molecular weight is 309 g/mol. The van der Waals surface area contributed by atoms with Gasteiger partial charge in [-0.3, -0.25) is 9.59 Å². The monoisotopic (exact) mass is 309 g/mol. The van der Waals surface area contributed by atoms with Gasteiger partial charge in [-0.25, -0.2) is 4.39 Å². The van der Waals surface area contributed by atoms with E-state index in [-0.39, 0.29) is 31.1 Å². The molecule has 1 saturated heterocycles. The van der Waals surface area contributed by atoms with Crippen molar-refractivity contribution in [1.29, 1.82) is 0 Å². The molecule has 0 aromatic heterocycles. The molecule has 0 bridgehead atoms. The number of nitrogens with zero attached hydrogens (tertiary/aromatic N) is 2. The van der Waals surface area contributed by atoms with Gasteiger partial charge in [-0.15, -0.1) is 0 Å². The predicted molar refractivity (Wildman–Crippen MR) is 80.3 cm³/mol. The van der Waals surface area contributed by atoms with Gasteiger partial charge in [-0.1, -0.05) is 0 Å². The Balaban J connectivity index is 1.93. The number of β-amino-alcohol motifs (C(OH)–C–C–N with tert-alkyl or cyclic N) is 1. The second-order valence-electron chi connectivity index (χ2n) is 5.84. The Bertz CT molecular complexity index is 598. The maximum Gasteiger partial charge on any atom is 0.251 e. The van der Waals surface area contributed by atoms with E-state index in [1.165, 1.54) is 24.0 Å². The van der Waals surface area contributed by atoms with Gasteiger partial charge in [0.1, 0.15) is 11.4 Å². The third kappa shape index (κ3) is 3.36. The molecule has 0 saturated carbocycles. The second-order valence-corrected chi connectivity index (χ2v) is 5.84. The summed E-state index contributed by atoms with van der Waals surface area (Å²) < 4.78 is 13.8. The Morgan fingerprint density at radius 3 is 2.55 bits per heavy atom. The van der Waals surface area contributed by atoms with Gasteiger partial charge >= 0.3 is 0 Å². The van der Waals surface area contributed by atoms with Crippen molar-refractivity contribution in [2.24, 2.45) is 0 Å². The third-order valence-electron chi connectivity index (χ3n) is 3.69. The average Bonchev–Trinajstić information content (AvgIpc) is 2.40. The van der Waals surface area contributed by atoms with Crippen molar-refractivity contribution in [3.63, 3.8) is 0 Å². The van der Waals surface area contributed by atoms with Gasteiger partial charge in [0.15, 0.2) is 0 Å². The van der Waals surface area contributed by atoms with Crippen LogP contribution in [0.25, 0.3) is 0 Å². The van der Waals surface area contributed by atoms with Crippen LogP contribution in [0.1, 0.15) is 17.3 Å². The van der Waals surface area contributed by atoms with E-state index in [1.54, 1.807) is 19.0 Å². The molecule has 6 nitrogen and oxygen atoms in total. The fourth-order valence-corrected chi connectivity index (χ4v) is 2.36. The number of hydrogen-bond donors (Lipinski definition) is 2. The van der Waals surface area contributed by atoms with Crippen molar-refractivity contribution in [2.75, 3.05) is 38.6 Å². The highest BCUT2D eigenvalue weighted by Crippen LogP contribution is 2.21. The van der Waals surface area contributed by atoms with Crippen LogP contribution < -0.4 is 10.2 Å². The minimum atomic E-state index is -1.11. The van der Waals surface area contributed by atoms with Crippen LogP contribution in [0.2, 0.25) is 0 Å². The smallest absolute Gasteiger partial charge is 0.251 e. The van der Waals surface area contributed by atoms with E-state index in [0.717, 1.165) is 6.07 Å². The molecule has 1 heterocycles. The zero-order chi connectivity index (χ0) is 16.5. The van der Waals surface area contributed by atoms with Crippen LogP contribution in [0, 0.1) is 5.82 Å². The Labute approximate surface area is 128 Å². The first kappa shape index (κ1) is 16.2. The maximum atomic E-state index is 13.8. The lowest BCUT2D eigenvalue weighted by molar-refractivity contribution is -0.151. The van der Waals surface area contributed by atoms with E-state index in [9.17, 15) is 19.1 Å². The Kier molecular flexibility index (Phi) is 4.37. The van der Waals surface area contributed by atoms with Gasteiger partial charge < -0.3 is 20.2 Å². The molecular weight excluding hydrogens is 289 g/mol. The second kappa shape index (κ2) is 5.92.